The molecule has 0 spiro atoms. The van der Waals surface area contributed by atoms with E-state index in [0.717, 1.165) is 38.2 Å². The van der Waals surface area contributed by atoms with Gasteiger partial charge in [0.05, 0.1) is 18.7 Å². The van der Waals surface area contributed by atoms with Gasteiger partial charge in [-0.3, -0.25) is 14.3 Å². The monoisotopic (exact) mass is 375 g/mol. The molecular weight excluding hydrogens is 346 g/mol. The van der Waals surface area contributed by atoms with Crippen LogP contribution in [0.3, 0.4) is 0 Å². The van der Waals surface area contributed by atoms with Crippen LogP contribution < -0.4 is 11.1 Å². The minimum atomic E-state index is -0.373. The van der Waals surface area contributed by atoms with E-state index >= 15 is 0 Å². The number of morpholine rings is 1. The summed E-state index contributed by atoms with van der Waals surface area (Å²) in [5.41, 5.74) is 1.29. The van der Waals surface area contributed by atoms with Crippen molar-refractivity contribution in [1.82, 2.24) is 14.8 Å². The van der Waals surface area contributed by atoms with Crippen molar-refractivity contribution in [2.24, 2.45) is 0 Å². The first kappa shape index (κ1) is 19.6. The van der Waals surface area contributed by atoms with E-state index < -0.39 is 0 Å². The van der Waals surface area contributed by atoms with Gasteiger partial charge in [0.2, 0.25) is 5.91 Å². The van der Waals surface area contributed by atoms with Crippen molar-refractivity contribution in [3.63, 3.8) is 0 Å². The molecule has 3 rings (SSSR count). The highest BCUT2D eigenvalue weighted by atomic mass is 16.5. The molecule has 0 bridgehead atoms. The number of oxazole rings is 1. The maximum atomic E-state index is 12.3. The number of aromatic nitrogens is 1. The highest BCUT2D eigenvalue weighted by molar-refractivity contribution is 5.76. The minimum absolute atomic E-state index is 0.0174. The zero-order chi connectivity index (χ0) is 19.3. The van der Waals surface area contributed by atoms with Gasteiger partial charge in [-0.2, -0.15) is 0 Å². The fourth-order valence-corrected chi connectivity index (χ4v) is 3.56. The van der Waals surface area contributed by atoms with Crippen LogP contribution in [0.4, 0.5) is 0 Å². The van der Waals surface area contributed by atoms with Crippen LogP contribution in [0.15, 0.2) is 33.5 Å². The summed E-state index contributed by atoms with van der Waals surface area (Å²) in [5.74, 6) is -0.355. The number of aryl methyl sites for hydroxylation is 1. The topological polar surface area (TPSA) is 76.7 Å². The molecule has 1 fully saturated rings. The molecule has 148 valence electrons. The van der Waals surface area contributed by atoms with Crippen LogP contribution in [-0.4, -0.2) is 53.8 Å². The average Bonchev–Trinajstić information content (AvgIpc) is 3.02. The molecule has 7 nitrogen and oxygen atoms in total. The van der Waals surface area contributed by atoms with Crippen LogP contribution >= 0.6 is 0 Å². The molecule has 1 aliphatic rings. The summed E-state index contributed by atoms with van der Waals surface area (Å²) < 4.78 is 12.2. The van der Waals surface area contributed by atoms with Gasteiger partial charge in [0, 0.05) is 38.1 Å². The molecule has 7 heteroatoms. The second-order valence-corrected chi connectivity index (χ2v) is 7.32. The van der Waals surface area contributed by atoms with E-state index in [1.807, 2.05) is 18.2 Å². The normalized spacial score (nSPS) is 17.7. The predicted octanol–water partition coefficient (Wildman–Crippen LogP) is 1.99. The molecule has 1 aromatic carbocycles. The van der Waals surface area contributed by atoms with Gasteiger partial charge < -0.3 is 14.5 Å². The summed E-state index contributed by atoms with van der Waals surface area (Å²) in [6, 6.07) is 7.34. The number of ether oxygens (including phenoxy) is 1. The van der Waals surface area contributed by atoms with Crippen LogP contribution in [0, 0.1) is 0 Å². The third-order valence-corrected chi connectivity index (χ3v) is 5.56. The lowest BCUT2D eigenvalue weighted by molar-refractivity contribution is -0.122. The zero-order valence-corrected chi connectivity index (χ0v) is 16.2. The van der Waals surface area contributed by atoms with Crippen molar-refractivity contribution in [1.29, 1.82) is 0 Å². The first-order valence-electron chi connectivity index (χ1n) is 9.71. The molecule has 0 radical (unpaired) electrons. The van der Waals surface area contributed by atoms with E-state index in [-0.39, 0.29) is 17.2 Å². The number of para-hydroxylation sites is 2. The molecule has 27 heavy (non-hydrogen) atoms. The molecule has 1 unspecified atom stereocenters. The summed E-state index contributed by atoms with van der Waals surface area (Å²) in [4.78, 5) is 26.7. The van der Waals surface area contributed by atoms with Gasteiger partial charge in [-0.25, -0.2) is 4.79 Å². The Balaban J connectivity index is 1.49. The smallest absolute Gasteiger partial charge is 0.408 e. The number of carbonyl (C=O) groups excluding carboxylic acids is 1. The van der Waals surface area contributed by atoms with Crippen LogP contribution in [0.1, 0.15) is 33.1 Å². The highest BCUT2D eigenvalue weighted by Crippen LogP contribution is 2.20. The lowest BCUT2D eigenvalue weighted by Crippen LogP contribution is -2.56. The van der Waals surface area contributed by atoms with Crippen molar-refractivity contribution in [3.05, 3.63) is 34.8 Å². The van der Waals surface area contributed by atoms with Gasteiger partial charge in [0.1, 0.15) is 0 Å². The quantitative estimate of drug-likeness (QED) is 0.764. The molecule has 2 aromatic rings. The fraction of sp³-hybridized carbons (Fsp3) is 0.600. The van der Waals surface area contributed by atoms with Gasteiger partial charge >= 0.3 is 5.76 Å². The second-order valence-electron chi connectivity index (χ2n) is 7.32. The summed E-state index contributed by atoms with van der Waals surface area (Å²) >= 11 is 0. The number of hydrogen-bond acceptors (Lipinski definition) is 5. The molecule has 1 saturated heterocycles. The van der Waals surface area contributed by atoms with Crippen LogP contribution in [0.5, 0.6) is 0 Å². The van der Waals surface area contributed by atoms with E-state index in [1.54, 1.807) is 10.6 Å². The molecule has 1 amide bonds. The number of nitrogens with one attached hydrogen (secondary N) is 1. The summed E-state index contributed by atoms with van der Waals surface area (Å²) in [6.45, 7) is 8.73. The van der Waals surface area contributed by atoms with Crippen molar-refractivity contribution in [2.75, 3.05) is 32.8 Å². The largest absolute Gasteiger partial charge is 0.419 e. The van der Waals surface area contributed by atoms with Gasteiger partial charge in [0.15, 0.2) is 5.58 Å². The first-order chi connectivity index (χ1) is 13.0. The predicted molar refractivity (Wildman–Crippen MR) is 104 cm³/mol. The number of fused-ring (bicyclic) bond motifs is 1. The van der Waals surface area contributed by atoms with E-state index in [1.165, 1.54) is 0 Å². The standard InChI is InChI=1S/C20H29N3O4/c1-3-20(2,22-11-13-26-14-12-22)15-21-18(24)9-6-10-23-16-7-4-5-8-17(16)27-19(23)25/h4-5,7-8H,3,6,9-15H2,1-2H3,(H,21,24). The van der Waals surface area contributed by atoms with Gasteiger partial charge in [-0.15, -0.1) is 0 Å². The van der Waals surface area contributed by atoms with Gasteiger partial charge in [-0.05, 0) is 31.9 Å². The van der Waals surface area contributed by atoms with E-state index in [9.17, 15) is 9.59 Å². The van der Waals surface area contributed by atoms with Crippen LogP contribution in [0.25, 0.3) is 11.1 Å². The molecule has 1 atom stereocenters. The van der Waals surface area contributed by atoms with Crippen molar-refractivity contribution >= 4 is 17.0 Å². The fourth-order valence-electron chi connectivity index (χ4n) is 3.56. The summed E-state index contributed by atoms with van der Waals surface area (Å²) in [6.07, 6.45) is 1.94. The van der Waals surface area contributed by atoms with E-state index in [0.29, 0.717) is 31.5 Å². The molecule has 1 aliphatic heterocycles. The lowest BCUT2D eigenvalue weighted by Gasteiger charge is -2.43. The molecule has 0 saturated carbocycles. The number of carbonyl (C=O) groups is 1. The number of amides is 1. The first-order valence-corrected chi connectivity index (χ1v) is 9.71. The Morgan fingerprint density at radius 3 is 2.74 bits per heavy atom. The molecule has 2 heterocycles. The van der Waals surface area contributed by atoms with Gasteiger partial charge in [0.25, 0.3) is 0 Å². The van der Waals surface area contributed by atoms with E-state index in [4.69, 9.17) is 9.15 Å². The Bertz CT molecular complexity index is 822. The number of rotatable bonds is 8. The third-order valence-electron chi connectivity index (χ3n) is 5.56. The van der Waals surface area contributed by atoms with Crippen LogP contribution in [0.2, 0.25) is 0 Å². The third kappa shape index (κ3) is 4.59. The summed E-state index contributed by atoms with van der Waals surface area (Å²) in [5, 5.41) is 3.07. The molecule has 1 aromatic heterocycles. The zero-order valence-electron chi connectivity index (χ0n) is 16.2. The highest BCUT2D eigenvalue weighted by Gasteiger charge is 2.31. The average molecular weight is 375 g/mol. The number of nitrogens with zero attached hydrogens (tertiary/aromatic N) is 2. The second kappa shape index (κ2) is 8.71. The Kier molecular flexibility index (Phi) is 6.34. The van der Waals surface area contributed by atoms with Crippen molar-refractivity contribution in [3.8, 4) is 0 Å². The Labute approximate surface area is 159 Å². The minimum Gasteiger partial charge on any atom is -0.408 e. The van der Waals surface area contributed by atoms with Crippen molar-refractivity contribution in [2.45, 2.75) is 45.2 Å². The number of benzene rings is 1. The molecule has 1 N–H and O–H groups in total. The maximum Gasteiger partial charge on any atom is 0.419 e. The Morgan fingerprint density at radius 1 is 1.26 bits per heavy atom. The van der Waals surface area contributed by atoms with E-state index in [2.05, 4.69) is 24.1 Å². The molecule has 0 aliphatic carbocycles. The van der Waals surface area contributed by atoms with Crippen molar-refractivity contribution < 1.29 is 13.9 Å². The summed E-state index contributed by atoms with van der Waals surface area (Å²) in [7, 11) is 0. The molecular formula is C20H29N3O4. The maximum absolute atomic E-state index is 12.3. The van der Waals surface area contributed by atoms with Gasteiger partial charge in [-0.1, -0.05) is 19.1 Å². The number of hydrogen-bond donors (Lipinski definition) is 1. The Hall–Kier alpha value is -2.12. The SMILES string of the molecule is CCC(C)(CNC(=O)CCCn1c(=O)oc2ccccc21)N1CCOCC1. The van der Waals surface area contributed by atoms with Crippen LogP contribution in [-0.2, 0) is 16.1 Å². The Morgan fingerprint density at radius 2 is 2.00 bits per heavy atom. The lowest BCUT2D eigenvalue weighted by atomic mass is 9.95.